The van der Waals surface area contributed by atoms with Crippen LogP contribution in [0.5, 0.6) is 0 Å². The summed E-state index contributed by atoms with van der Waals surface area (Å²) in [5, 5.41) is 4.80. The van der Waals surface area contributed by atoms with Crippen molar-refractivity contribution < 1.29 is 8.83 Å². The van der Waals surface area contributed by atoms with Crippen molar-refractivity contribution in [2.75, 3.05) is 9.80 Å². The van der Waals surface area contributed by atoms with Gasteiger partial charge in [-0.25, -0.2) is 0 Å². The van der Waals surface area contributed by atoms with E-state index in [1.165, 1.54) is 64.9 Å². The standard InChI is InChI=1S/C63H38N4O2S/c1-5-23-50-43(19-1)44-20-2-6-24-51(44)64(50)39-15-14-18-42(38-39)67-53-26-8-4-22-46(53)63(48-33-35-68-61(48)62-49(63)34-36-69-62)47-31-32-56-59(60(47)67)45-21-3-7-25-52(45)65(56)40-16-13-17-41(37-40)66-54-27-9-11-29-57(54)70-58-30-12-10-28-55(58)66/h1-38H. The van der Waals surface area contributed by atoms with E-state index < -0.39 is 5.41 Å². The number of nitrogens with zero attached hydrogens (tertiary/aromatic N) is 4. The molecule has 0 radical (unpaired) electrons. The second-order valence-corrected chi connectivity index (χ2v) is 19.5. The molecule has 0 saturated heterocycles. The minimum atomic E-state index is -0.720. The molecule has 0 saturated carbocycles. The summed E-state index contributed by atoms with van der Waals surface area (Å²) < 4.78 is 17.6. The van der Waals surface area contributed by atoms with Gasteiger partial charge in [0.2, 0.25) is 0 Å². The largest absolute Gasteiger partial charge is 0.461 e. The number of hydrogen-bond donors (Lipinski definition) is 0. The predicted octanol–water partition coefficient (Wildman–Crippen LogP) is 17.1. The van der Waals surface area contributed by atoms with Gasteiger partial charge in [0.05, 0.1) is 62.8 Å². The zero-order valence-electron chi connectivity index (χ0n) is 37.5. The van der Waals surface area contributed by atoms with Gasteiger partial charge in [0, 0.05) is 65.2 Å². The van der Waals surface area contributed by atoms with Gasteiger partial charge in [-0.15, -0.1) is 0 Å². The quantitative estimate of drug-likeness (QED) is 0.176. The van der Waals surface area contributed by atoms with Crippen LogP contribution in [0.1, 0.15) is 22.3 Å². The summed E-state index contributed by atoms with van der Waals surface area (Å²) in [6.07, 6.45) is 3.63. The fourth-order valence-electron chi connectivity index (χ4n) is 12.4. The Morgan fingerprint density at radius 3 is 1.46 bits per heavy atom. The van der Waals surface area contributed by atoms with Crippen molar-refractivity contribution in [1.82, 2.24) is 9.13 Å². The molecule has 328 valence electrons. The van der Waals surface area contributed by atoms with Crippen LogP contribution in [0.25, 0.3) is 66.5 Å². The lowest BCUT2D eigenvalue weighted by Crippen LogP contribution is -2.36. The number of benzene rings is 9. The van der Waals surface area contributed by atoms with E-state index in [-0.39, 0.29) is 0 Å². The molecule has 2 aliphatic heterocycles. The summed E-state index contributed by atoms with van der Waals surface area (Å²) in [5.74, 6) is 1.56. The number of furan rings is 2. The SMILES string of the molecule is c1cc(N2c3ccccc3C3(c4ccoc4-c4occc43)c3ccc4c(c32)c2ccccc2n4-c2cccc(N3c4ccccc4Sc4ccccc43)c2)cc(-n2c3ccccc3c3ccccc32)c1. The van der Waals surface area contributed by atoms with Crippen LogP contribution in [0.4, 0.5) is 34.1 Å². The molecule has 0 atom stereocenters. The maximum absolute atomic E-state index is 6.36. The van der Waals surface area contributed by atoms with Gasteiger partial charge >= 0.3 is 0 Å². The van der Waals surface area contributed by atoms with Gasteiger partial charge in [-0.1, -0.05) is 127 Å². The molecule has 9 aromatic carbocycles. The first-order chi connectivity index (χ1) is 34.8. The van der Waals surface area contributed by atoms with E-state index in [4.69, 9.17) is 8.83 Å². The molecule has 7 heteroatoms. The normalized spacial score (nSPS) is 14.0. The highest BCUT2D eigenvalue weighted by Crippen LogP contribution is 2.65. The molecule has 0 bridgehead atoms. The zero-order chi connectivity index (χ0) is 45.7. The molecule has 0 unspecified atom stereocenters. The second kappa shape index (κ2) is 14.1. The van der Waals surface area contributed by atoms with Crippen molar-refractivity contribution in [3.63, 3.8) is 0 Å². The average molecular weight is 915 g/mol. The topological polar surface area (TPSA) is 42.6 Å². The van der Waals surface area contributed by atoms with E-state index in [0.717, 1.165) is 67.8 Å². The first-order valence-electron chi connectivity index (χ1n) is 23.7. The molecule has 6 nitrogen and oxygen atoms in total. The fourth-order valence-corrected chi connectivity index (χ4v) is 13.4. The van der Waals surface area contributed by atoms with E-state index in [2.05, 4.69) is 237 Å². The summed E-state index contributed by atoms with van der Waals surface area (Å²) in [5.41, 5.74) is 17.3. The van der Waals surface area contributed by atoms with Gasteiger partial charge in [-0.2, -0.15) is 0 Å². The molecule has 16 rings (SSSR count). The molecule has 13 aromatic rings. The predicted molar refractivity (Wildman–Crippen MR) is 284 cm³/mol. The average Bonchev–Trinajstić information content (AvgIpc) is 4.26. The number of hydrogen-bond acceptors (Lipinski definition) is 5. The summed E-state index contributed by atoms with van der Waals surface area (Å²) in [6, 6.07) is 79.9. The molecular formula is C63H38N4O2S. The molecule has 1 spiro atoms. The molecule has 6 heterocycles. The minimum absolute atomic E-state index is 0.720. The third-order valence-corrected chi connectivity index (χ3v) is 16.2. The highest BCUT2D eigenvalue weighted by atomic mass is 32.2. The Balaban J connectivity index is 0.993. The van der Waals surface area contributed by atoms with Crippen molar-refractivity contribution in [3.8, 4) is 22.9 Å². The highest BCUT2D eigenvalue weighted by molar-refractivity contribution is 7.99. The van der Waals surface area contributed by atoms with Crippen LogP contribution in [0.3, 0.4) is 0 Å². The monoisotopic (exact) mass is 914 g/mol. The lowest BCUT2D eigenvalue weighted by molar-refractivity contribution is 0.525. The molecule has 3 aliphatic rings. The number of para-hydroxylation sites is 6. The van der Waals surface area contributed by atoms with E-state index in [0.29, 0.717) is 0 Å². The Labute approximate surface area is 406 Å². The summed E-state index contributed by atoms with van der Waals surface area (Å²) in [6.45, 7) is 0. The third kappa shape index (κ3) is 4.88. The van der Waals surface area contributed by atoms with Crippen LogP contribution in [-0.2, 0) is 5.41 Å². The van der Waals surface area contributed by atoms with Crippen molar-refractivity contribution in [3.05, 3.63) is 253 Å². The van der Waals surface area contributed by atoms with Gasteiger partial charge in [-0.3, -0.25) is 0 Å². The van der Waals surface area contributed by atoms with E-state index in [9.17, 15) is 0 Å². The Morgan fingerprint density at radius 2 is 0.829 bits per heavy atom. The molecule has 4 aromatic heterocycles. The van der Waals surface area contributed by atoms with E-state index in [1.807, 2.05) is 24.3 Å². The Bertz CT molecular complexity index is 4200. The van der Waals surface area contributed by atoms with Crippen LogP contribution in [0.15, 0.2) is 250 Å². The molecule has 0 N–H and O–H groups in total. The Morgan fingerprint density at radius 1 is 0.343 bits per heavy atom. The van der Waals surface area contributed by atoms with Crippen LogP contribution in [-0.4, -0.2) is 9.13 Å². The van der Waals surface area contributed by atoms with Crippen molar-refractivity contribution >= 4 is 89.5 Å². The third-order valence-electron chi connectivity index (χ3n) is 15.0. The zero-order valence-corrected chi connectivity index (χ0v) is 38.3. The lowest BCUT2D eigenvalue weighted by Gasteiger charge is -2.44. The lowest BCUT2D eigenvalue weighted by atomic mass is 9.65. The van der Waals surface area contributed by atoms with Crippen molar-refractivity contribution in [1.29, 1.82) is 0 Å². The second-order valence-electron chi connectivity index (χ2n) is 18.4. The number of fused-ring (bicyclic) bond motifs is 18. The van der Waals surface area contributed by atoms with Crippen LogP contribution >= 0.6 is 11.8 Å². The maximum Gasteiger partial charge on any atom is 0.174 e. The van der Waals surface area contributed by atoms with Gasteiger partial charge in [0.25, 0.3) is 0 Å². The minimum Gasteiger partial charge on any atom is -0.461 e. The van der Waals surface area contributed by atoms with Gasteiger partial charge in [0.15, 0.2) is 11.5 Å². The van der Waals surface area contributed by atoms with Gasteiger partial charge in [0.1, 0.15) is 0 Å². The Kier molecular flexibility index (Phi) is 7.66. The van der Waals surface area contributed by atoms with Crippen LogP contribution in [0, 0.1) is 0 Å². The van der Waals surface area contributed by atoms with Gasteiger partial charge < -0.3 is 27.8 Å². The first kappa shape index (κ1) is 38.1. The fraction of sp³-hybridized carbons (Fsp3) is 0.0159. The van der Waals surface area contributed by atoms with Crippen LogP contribution in [0.2, 0.25) is 0 Å². The molecular weight excluding hydrogens is 877 g/mol. The summed E-state index contributed by atoms with van der Waals surface area (Å²) in [7, 11) is 0. The number of rotatable bonds is 4. The van der Waals surface area contributed by atoms with Crippen LogP contribution < -0.4 is 9.80 Å². The van der Waals surface area contributed by atoms with Crippen molar-refractivity contribution in [2.45, 2.75) is 15.2 Å². The summed E-state index contributed by atoms with van der Waals surface area (Å²) >= 11 is 1.83. The van der Waals surface area contributed by atoms with E-state index in [1.54, 1.807) is 0 Å². The summed E-state index contributed by atoms with van der Waals surface area (Å²) in [4.78, 5) is 7.41. The van der Waals surface area contributed by atoms with Gasteiger partial charge in [-0.05, 0) is 114 Å². The maximum atomic E-state index is 6.36. The van der Waals surface area contributed by atoms with Crippen molar-refractivity contribution in [2.24, 2.45) is 0 Å². The smallest absolute Gasteiger partial charge is 0.174 e. The molecule has 0 fully saturated rings. The molecule has 1 aliphatic carbocycles. The molecule has 70 heavy (non-hydrogen) atoms. The Hall–Kier alpha value is -8.91. The highest BCUT2D eigenvalue weighted by Gasteiger charge is 2.55. The first-order valence-corrected chi connectivity index (χ1v) is 24.5. The molecule has 0 amide bonds. The number of anilines is 6. The van der Waals surface area contributed by atoms with E-state index >= 15 is 0 Å². The number of aromatic nitrogens is 2.